The average molecular weight is 743 g/mol. The van der Waals surface area contributed by atoms with Gasteiger partial charge in [-0.2, -0.15) is 5.26 Å². The number of hydrogen-bond donors (Lipinski definition) is 0. The van der Waals surface area contributed by atoms with Crippen LogP contribution in [0.3, 0.4) is 0 Å². The molecule has 0 radical (unpaired) electrons. The van der Waals surface area contributed by atoms with Crippen LogP contribution >= 0.6 is 11.3 Å². The summed E-state index contributed by atoms with van der Waals surface area (Å²) in [6.07, 6.45) is 6.62. The van der Waals surface area contributed by atoms with Gasteiger partial charge in [0.2, 0.25) is 0 Å². The molecule has 4 nitrogen and oxygen atoms in total. The van der Waals surface area contributed by atoms with E-state index in [4.69, 9.17) is 15.0 Å². The lowest BCUT2D eigenvalue weighted by Gasteiger charge is -2.50. The number of nitriles is 1. The maximum atomic E-state index is 9.53. The third-order valence-electron chi connectivity index (χ3n) is 12.3. The standard InChI is InChI=1S/C51H42N4S/c1-32-24-35-25-33(2)29-51(28-32,30-35)42-21-19-39(20-22-42)49-53-48(54-50(55-49)41-11-6-10-40(27-41)36-8-4-3-5-9-36)38-17-15-37(16-18-38)43-12-7-13-44-45-26-34(31-52)14-23-46(45)56-47(43)44/h3-23,26-27,32-33,35H,24-25,28-30H2,1-2H3/t32-,33+,35-,51?. The zero-order chi connectivity index (χ0) is 37.8. The largest absolute Gasteiger partial charge is 0.208 e. The molecule has 0 spiro atoms. The van der Waals surface area contributed by atoms with Crippen molar-refractivity contribution in [2.45, 2.75) is 51.4 Å². The first kappa shape index (κ1) is 34.5. The molecular formula is C51H42N4S. The van der Waals surface area contributed by atoms with Crippen molar-refractivity contribution in [2.75, 3.05) is 0 Å². The van der Waals surface area contributed by atoms with E-state index in [0.717, 1.165) is 56.5 Å². The second kappa shape index (κ2) is 14.0. The lowest BCUT2D eigenvalue weighted by molar-refractivity contribution is 0.0780. The molecule has 1 unspecified atom stereocenters. The lowest BCUT2D eigenvalue weighted by atomic mass is 9.54. The molecule has 5 heteroatoms. The Morgan fingerprint density at radius 2 is 1.16 bits per heavy atom. The summed E-state index contributed by atoms with van der Waals surface area (Å²) in [7, 11) is 0. The molecule has 8 aromatic rings. The number of fused-ring (bicyclic) bond motifs is 5. The van der Waals surface area contributed by atoms with E-state index < -0.39 is 0 Å². The van der Waals surface area contributed by atoms with Gasteiger partial charge in [0, 0.05) is 36.9 Å². The van der Waals surface area contributed by atoms with E-state index in [1.807, 2.05) is 18.2 Å². The second-order valence-electron chi connectivity index (χ2n) is 16.5. The molecule has 4 atom stereocenters. The van der Waals surface area contributed by atoms with E-state index in [1.54, 1.807) is 11.3 Å². The minimum atomic E-state index is 0.271. The van der Waals surface area contributed by atoms with E-state index in [-0.39, 0.29) is 5.41 Å². The monoisotopic (exact) mass is 742 g/mol. The third-order valence-corrected chi connectivity index (χ3v) is 13.5. The molecule has 2 aliphatic carbocycles. The first-order valence-corrected chi connectivity index (χ1v) is 20.7. The topological polar surface area (TPSA) is 62.5 Å². The van der Waals surface area contributed by atoms with Crippen molar-refractivity contribution in [3.05, 3.63) is 151 Å². The molecule has 0 N–H and O–H groups in total. The number of nitrogens with zero attached hydrogens (tertiary/aromatic N) is 4. The third kappa shape index (κ3) is 6.29. The Labute approximate surface area is 332 Å². The number of thiophene rings is 1. The molecule has 0 saturated heterocycles. The number of aromatic nitrogens is 3. The molecule has 272 valence electrons. The number of rotatable bonds is 6. The minimum Gasteiger partial charge on any atom is -0.208 e. The Hall–Kier alpha value is -5.96. The first-order valence-electron chi connectivity index (χ1n) is 19.9. The van der Waals surface area contributed by atoms with Crippen molar-refractivity contribution >= 4 is 31.5 Å². The van der Waals surface area contributed by atoms with Crippen molar-refractivity contribution < 1.29 is 0 Å². The van der Waals surface area contributed by atoms with Crippen LogP contribution in [0.4, 0.5) is 0 Å². The Kier molecular flexibility index (Phi) is 8.61. The maximum absolute atomic E-state index is 9.53. The summed E-state index contributed by atoms with van der Waals surface area (Å²) in [6, 6.07) is 51.5. The van der Waals surface area contributed by atoms with Crippen LogP contribution in [0, 0.1) is 29.1 Å². The van der Waals surface area contributed by atoms with Crippen LogP contribution in [0.15, 0.2) is 140 Å². The lowest BCUT2D eigenvalue weighted by Crippen LogP contribution is -2.42. The van der Waals surface area contributed by atoms with Gasteiger partial charge in [-0.3, -0.25) is 0 Å². The van der Waals surface area contributed by atoms with Gasteiger partial charge >= 0.3 is 0 Å². The molecule has 6 aromatic carbocycles. The molecule has 2 saturated carbocycles. The summed E-state index contributed by atoms with van der Waals surface area (Å²) < 4.78 is 2.40. The molecule has 2 aliphatic rings. The van der Waals surface area contributed by atoms with Gasteiger partial charge in [0.1, 0.15) is 0 Å². The van der Waals surface area contributed by atoms with E-state index in [0.29, 0.717) is 23.0 Å². The van der Waals surface area contributed by atoms with Gasteiger partial charge in [-0.25, -0.2) is 15.0 Å². The van der Waals surface area contributed by atoms with Crippen LogP contribution in [0.25, 0.3) is 76.6 Å². The molecule has 0 aliphatic heterocycles. The zero-order valence-corrected chi connectivity index (χ0v) is 32.6. The number of hydrogen-bond acceptors (Lipinski definition) is 5. The van der Waals surface area contributed by atoms with E-state index in [9.17, 15) is 5.26 Å². The highest BCUT2D eigenvalue weighted by Gasteiger charge is 2.45. The fraction of sp³-hybridized carbons (Fsp3) is 0.216. The van der Waals surface area contributed by atoms with Crippen LogP contribution < -0.4 is 0 Å². The SMILES string of the molecule is C[C@@H]1C[C@@H]2C[C@H](C)CC(c3ccc(-c4nc(-c5ccc(-c6cccc7c6sc6ccc(C#N)cc67)cc5)nc(-c5cccc(-c6ccccc6)c5)n4)cc3)(C1)C2. The minimum absolute atomic E-state index is 0.271. The van der Waals surface area contributed by atoms with Crippen LogP contribution in [0.1, 0.15) is 57.1 Å². The van der Waals surface area contributed by atoms with E-state index in [2.05, 4.69) is 141 Å². The van der Waals surface area contributed by atoms with Crippen LogP contribution in [0.5, 0.6) is 0 Å². The highest BCUT2D eigenvalue weighted by Crippen LogP contribution is 2.54. The molecule has 2 heterocycles. The highest BCUT2D eigenvalue weighted by atomic mass is 32.1. The van der Waals surface area contributed by atoms with Crippen molar-refractivity contribution in [3.63, 3.8) is 0 Å². The summed E-state index contributed by atoms with van der Waals surface area (Å²) in [4.78, 5) is 15.4. The van der Waals surface area contributed by atoms with Gasteiger partial charge in [0.25, 0.3) is 0 Å². The normalized spacial score (nSPS) is 20.6. The fourth-order valence-electron chi connectivity index (χ4n) is 10.2. The van der Waals surface area contributed by atoms with E-state index >= 15 is 0 Å². The van der Waals surface area contributed by atoms with Crippen LogP contribution in [-0.4, -0.2) is 15.0 Å². The van der Waals surface area contributed by atoms with Crippen LogP contribution in [0.2, 0.25) is 0 Å². The fourth-order valence-corrected chi connectivity index (χ4v) is 11.4. The van der Waals surface area contributed by atoms with Gasteiger partial charge in [-0.05, 0) is 107 Å². The Bertz CT molecular complexity index is 2760. The van der Waals surface area contributed by atoms with E-state index in [1.165, 1.54) is 58.0 Å². The molecule has 2 aromatic heterocycles. The first-order chi connectivity index (χ1) is 27.4. The Morgan fingerprint density at radius 3 is 1.86 bits per heavy atom. The van der Waals surface area contributed by atoms with Gasteiger partial charge in [0.05, 0.1) is 11.6 Å². The Morgan fingerprint density at radius 1 is 0.554 bits per heavy atom. The van der Waals surface area contributed by atoms with Crippen LogP contribution in [-0.2, 0) is 5.41 Å². The smallest absolute Gasteiger partial charge is 0.164 e. The molecule has 10 rings (SSSR count). The van der Waals surface area contributed by atoms with Crippen molar-refractivity contribution in [2.24, 2.45) is 17.8 Å². The molecule has 2 fully saturated rings. The highest BCUT2D eigenvalue weighted by molar-refractivity contribution is 7.26. The molecule has 0 amide bonds. The summed E-state index contributed by atoms with van der Waals surface area (Å²) >= 11 is 1.77. The molecular weight excluding hydrogens is 701 g/mol. The van der Waals surface area contributed by atoms with Crippen molar-refractivity contribution in [1.82, 2.24) is 15.0 Å². The molecule has 56 heavy (non-hydrogen) atoms. The van der Waals surface area contributed by atoms with Gasteiger partial charge in [-0.15, -0.1) is 11.3 Å². The van der Waals surface area contributed by atoms with Gasteiger partial charge < -0.3 is 0 Å². The summed E-state index contributed by atoms with van der Waals surface area (Å²) in [5.74, 6) is 4.36. The summed E-state index contributed by atoms with van der Waals surface area (Å²) in [5.41, 5.74) is 9.92. The molecule has 2 bridgehead atoms. The average Bonchev–Trinajstić information content (AvgIpc) is 3.62. The number of benzene rings is 6. The Balaban J connectivity index is 1.05. The van der Waals surface area contributed by atoms with Crippen molar-refractivity contribution in [3.8, 4) is 62.5 Å². The van der Waals surface area contributed by atoms with Crippen molar-refractivity contribution in [1.29, 1.82) is 5.26 Å². The predicted molar refractivity (Wildman–Crippen MR) is 231 cm³/mol. The van der Waals surface area contributed by atoms with Gasteiger partial charge in [0.15, 0.2) is 17.5 Å². The van der Waals surface area contributed by atoms with Gasteiger partial charge in [-0.1, -0.05) is 129 Å². The quantitative estimate of drug-likeness (QED) is 0.170. The second-order valence-corrected chi connectivity index (χ2v) is 17.5. The predicted octanol–water partition coefficient (Wildman–Crippen LogP) is 13.6. The maximum Gasteiger partial charge on any atom is 0.164 e. The summed E-state index contributed by atoms with van der Waals surface area (Å²) in [6.45, 7) is 4.91. The zero-order valence-electron chi connectivity index (χ0n) is 31.7. The summed E-state index contributed by atoms with van der Waals surface area (Å²) in [5, 5.41) is 11.8.